The Morgan fingerprint density at radius 1 is 1.36 bits per heavy atom. The van der Waals surface area contributed by atoms with Gasteiger partial charge in [-0.1, -0.05) is 0 Å². The molecule has 0 radical (unpaired) electrons. The van der Waals surface area contributed by atoms with Crippen molar-refractivity contribution in [3.63, 3.8) is 0 Å². The molecule has 1 saturated heterocycles. The highest BCUT2D eigenvalue weighted by molar-refractivity contribution is 5.98. The lowest BCUT2D eigenvalue weighted by Gasteiger charge is -2.26. The summed E-state index contributed by atoms with van der Waals surface area (Å²) in [6, 6.07) is 5.29. The average molecular weight is 351 g/mol. The topological polar surface area (TPSA) is 52.7 Å². The van der Waals surface area contributed by atoms with Crippen LogP contribution in [0.1, 0.15) is 35.2 Å². The van der Waals surface area contributed by atoms with Crippen LogP contribution >= 0.6 is 0 Å². The van der Waals surface area contributed by atoms with Crippen molar-refractivity contribution in [2.45, 2.75) is 38.2 Å². The maximum Gasteiger partial charge on any atom is 0.251 e. The first-order valence-corrected chi connectivity index (χ1v) is 8.65. The highest BCUT2D eigenvalue weighted by Gasteiger charge is 2.27. The van der Waals surface area contributed by atoms with Crippen molar-refractivity contribution in [3.05, 3.63) is 29.3 Å². The highest BCUT2D eigenvalue weighted by atomic mass is 19.3. The van der Waals surface area contributed by atoms with Crippen molar-refractivity contribution in [1.29, 1.82) is 0 Å². The smallest absolute Gasteiger partial charge is 0.251 e. The third-order valence-corrected chi connectivity index (χ3v) is 5.06. The lowest BCUT2D eigenvalue weighted by Crippen LogP contribution is -2.42. The minimum Gasteiger partial charge on any atom is -0.350 e. The van der Waals surface area contributed by atoms with E-state index in [0.717, 1.165) is 24.1 Å². The summed E-state index contributed by atoms with van der Waals surface area (Å²) >= 11 is 0. The number of hydrogen-bond donors (Lipinski definition) is 1. The Hall–Kier alpha value is -2.02. The van der Waals surface area contributed by atoms with E-state index in [-0.39, 0.29) is 24.4 Å². The maximum atomic E-state index is 12.6. The number of halogens is 2. The van der Waals surface area contributed by atoms with Crippen LogP contribution in [-0.4, -0.2) is 55.9 Å². The molecule has 1 aromatic rings. The molecule has 136 valence electrons. The van der Waals surface area contributed by atoms with E-state index in [1.54, 1.807) is 29.0 Å². The number of nitrogens with zero attached hydrogens (tertiary/aromatic N) is 2. The van der Waals surface area contributed by atoms with Crippen LogP contribution in [0.5, 0.6) is 0 Å². The number of rotatable bonds is 5. The number of amides is 2. The molecule has 0 saturated carbocycles. The number of fused-ring (bicyclic) bond motifs is 1. The largest absolute Gasteiger partial charge is 0.350 e. The second-order valence-electron chi connectivity index (χ2n) is 6.69. The van der Waals surface area contributed by atoms with E-state index in [9.17, 15) is 18.4 Å². The molecule has 2 heterocycles. The minimum absolute atomic E-state index is 0.0284. The van der Waals surface area contributed by atoms with Gasteiger partial charge in [0.05, 0.1) is 6.54 Å². The van der Waals surface area contributed by atoms with Gasteiger partial charge in [0.25, 0.3) is 12.3 Å². The van der Waals surface area contributed by atoms with Gasteiger partial charge in [0.1, 0.15) is 0 Å². The second kappa shape index (κ2) is 7.47. The van der Waals surface area contributed by atoms with Crippen LogP contribution in [0, 0.1) is 0 Å². The van der Waals surface area contributed by atoms with Gasteiger partial charge in [0, 0.05) is 37.3 Å². The molecule has 0 aromatic heterocycles. The van der Waals surface area contributed by atoms with Crippen LogP contribution in [0.2, 0.25) is 0 Å². The zero-order valence-electron chi connectivity index (χ0n) is 14.3. The summed E-state index contributed by atoms with van der Waals surface area (Å²) in [6.45, 7) is 0.796. The first kappa shape index (κ1) is 17.8. The lowest BCUT2D eigenvalue weighted by molar-refractivity contribution is -0.118. The predicted octanol–water partition coefficient (Wildman–Crippen LogP) is 2.05. The van der Waals surface area contributed by atoms with Gasteiger partial charge in [-0.3, -0.25) is 14.5 Å². The zero-order valence-corrected chi connectivity index (χ0v) is 14.3. The van der Waals surface area contributed by atoms with Gasteiger partial charge >= 0.3 is 0 Å². The number of carbonyl (C=O) groups excluding carboxylic acids is 2. The fraction of sp³-hybridized carbons (Fsp3) is 0.556. The monoisotopic (exact) mass is 351 g/mol. The summed E-state index contributed by atoms with van der Waals surface area (Å²) in [5.41, 5.74) is 2.36. The van der Waals surface area contributed by atoms with E-state index in [2.05, 4.69) is 5.32 Å². The Morgan fingerprint density at radius 2 is 2.16 bits per heavy atom. The standard InChI is InChI=1S/C18H23F2N3O2/c1-22-15-6-4-13(9-12(15)5-7-17(22)24)18(25)21-10-14-3-2-8-23(14)11-16(19)20/h4,6,9,14,16H,2-3,5,7-8,10-11H2,1H3,(H,21,25). The molecule has 3 rings (SSSR count). The second-order valence-corrected chi connectivity index (χ2v) is 6.69. The van der Waals surface area contributed by atoms with Crippen LogP contribution in [-0.2, 0) is 11.2 Å². The van der Waals surface area contributed by atoms with Crippen molar-refractivity contribution in [3.8, 4) is 0 Å². The van der Waals surface area contributed by atoms with Crippen molar-refractivity contribution >= 4 is 17.5 Å². The normalized spacial score (nSPS) is 20.9. The van der Waals surface area contributed by atoms with E-state index in [0.29, 0.717) is 31.5 Å². The van der Waals surface area contributed by atoms with Crippen LogP contribution in [0.25, 0.3) is 0 Å². The fourth-order valence-corrected chi connectivity index (χ4v) is 3.65. The van der Waals surface area contributed by atoms with Gasteiger partial charge in [-0.05, 0) is 49.6 Å². The number of nitrogens with one attached hydrogen (secondary N) is 1. The van der Waals surface area contributed by atoms with Crippen molar-refractivity contribution in [2.75, 3.05) is 31.6 Å². The Labute approximate surface area is 146 Å². The van der Waals surface area contributed by atoms with Gasteiger partial charge in [-0.25, -0.2) is 8.78 Å². The number of likely N-dealkylation sites (tertiary alicyclic amines) is 1. The van der Waals surface area contributed by atoms with E-state index in [1.807, 2.05) is 6.07 Å². The summed E-state index contributed by atoms with van der Waals surface area (Å²) in [7, 11) is 1.73. The molecule has 1 unspecified atom stereocenters. The van der Waals surface area contributed by atoms with Gasteiger partial charge in [0.2, 0.25) is 5.91 Å². The lowest BCUT2D eigenvalue weighted by atomic mass is 9.99. The molecule has 1 N–H and O–H groups in total. The molecule has 1 aromatic carbocycles. The molecule has 1 fully saturated rings. The molecule has 7 heteroatoms. The summed E-state index contributed by atoms with van der Waals surface area (Å²) in [5.74, 6) is -0.128. The molecule has 0 bridgehead atoms. The van der Waals surface area contributed by atoms with Gasteiger partial charge in [-0.15, -0.1) is 0 Å². The zero-order chi connectivity index (χ0) is 18.0. The predicted molar refractivity (Wildman–Crippen MR) is 91.1 cm³/mol. The number of carbonyl (C=O) groups is 2. The minimum atomic E-state index is -2.35. The molecule has 2 aliphatic heterocycles. The van der Waals surface area contributed by atoms with Crippen molar-refractivity contribution < 1.29 is 18.4 Å². The molecular weight excluding hydrogens is 328 g/mol. The quantitative estimate of drug-likeness (QED) is 0.883. The molecule has 2 amide bonds. The van der Waals surface area contributed by atoms with Gasteiger partial charge in [0.15, 0.2) is 0 Å². The number of hydrogen-bond acceptors (Lipinski definition) is 3. The summed E-state index contributed by atoms with van der Waals surface area (Å²) in [4.78, 5) is 27.5. The number of benzene rings is 1. The van der Waals surface area contributed by atoms with Crippen molar-refractivity contribution in [2.24, 2.45) is 0 Å². The molecule has 2 aliphatic rings. The number of aryl methyl sites for hydroxylation is 1. The summed E-state index contributed by atoms with van der Waals surface area (Å²) in [6.07, 6.45) is 0.428. The SMILES string of the molecule is CN1C(=O)CCc2cc(C(=O)NCC3CCCN3CC(F)F)ccc21. The van der Waals surface area contributed by atoms with E-state index >= 15 is 0 Å². The van der Waals surface area contributed by atoms with E-state index in [1.165, 1.54) is 0 Å². The highest BCUT2D eigenvalue weighted by Crippen LogP contribution is 2.27. The first-order chi connectivity index (χ1) is 12.0. The number of anilines is 1. The maximum absolute atomic E-state index is 12.6. The van der Waals surface area contributed by atoms with E-state index < -0.39 is 6.43 Å². The Bertz CT molecular complexity index is 666. The molecule has 0 spiro atoms. The molecule has 5 nitrogen and oxygen atoms in total. The van der Waals surface area contributed by atoms with Gasteiger partial charge in [-0.2, -0.15) is 0 Å². The van der Waals surface area contributed by atoms with Crippen LogP contribution in [0.15, 0.2) is 18.2 Å². The molecule has 25 heavy (non-hydrogen) atoms. The first-order valence-electron chi connectivity index (χ1n) is 8.65. The Morgan fingerprint density at radius 3 is 2.92 bits per heavy atom. The average Bonchev–Trinajstić information content (AvgIpc) is 3.02. The third kappa shape index (κ3) is 3.98. The fourth-order valence-electron chi connectivity index (χ4n) is 3.65. The Kier molecular flexibility index (Phi) is 5.32. The molecule has 0 aliphatic carbocycles. The third-order valence-electron chi connectivity index (χ3n) is 5.06. The van der Waals surface area contributed by atoms with Crippen LogP contribution in [0.3, 0.4) is 0 Å². The van der Waals surface area contributed by atoms with Crippen LogP contribution in [0.4, 0.5) is 14.5 Å². The van der Waals surface area contributed by atoms with Gasteiger partial charge < -0.3 is 10.2 Å². The summed E-state index contributed by atoms with van der Waals surface area (Å²) < 4.78 is 25.2. The molecule has 1 atom stereocenters. The van der Waals surface area contributed by atoms with Crippen molar-refractivity contribution in [1.82, 2.24) is 10.2 Å². The van der Waals surface area contributed by atoms with Crippen LogP contribution < -0.4 is 10.2 Å². The molecular formula is C18H23F2N3O2. The summed E-state index contributed by atoms with van der Waals surface area (Å²) in [5, 5.41) is 2.86. The van der Waals surface area contributed by atoms with E-state index in [4.69, 9.17) is 0 Å². The Balaban J connectivity index is 1.61. The number of alkyl halides is 2.